The molecular weight excluding hydrogens is 270 g/mol. The maximum Gasteiger partial charge on any atom is 0.431 e. The highest BCUT2D eigenvalue weighted by Crippen LogP contribution is 2.18. The molecule has 2 N–H and O–H groups in total. The Kier molecular flexibility index (Phi) is 5.60. The van der Waals surface area contributed by atoms with Crippen LogP contribution in [0.5, 0.6) is 0 Å². The molecule has 1 atom stereocenters. The van der Waals surface area contributed by atoms with E-state index in [0.717, 1.165) is 0 Å². The van der Waals surface area contributed by atoms with Crippen LogP contribution in [0.15, 0.2) is 24.3 Å². The van der Waals surface area contributed by atoms with Gasteiger partial charge >= 0.3 is 6.09 Å². The molecule has 19 heavy (non-hydrogen) atoms. The minimum absolute atomic E-state index is 0.280. The third-order valence-electron chi connectivity index (χ3n) is 2.09. The van der Waals surface area contributed by atoms with E-state index in [-0.39, 0.29) is 6.61 Å². The van der Waals surface area contributed by atoms with Gasteiger partial charge in [0.25, 0.3) is 0 Å². The van der Waals surface area contributed by atoms with Crippen molar-refractivity contribution in [2.45, 2.75) is 32.5 Å². The van der Waals surface area contributed by atoms with Crippen LogP contribution >= 0.6 is 11.6 Å². The lowest BCUT2D eigenvalue weighted by Gasteiger charge is -2.21. The highest BCUT2D eigenvalue weighted by molar-refractivity contribution is 6.30. The molecule has 0 aliphatic rings. The van der Waals surface area contributed by atoms with Crippen molar-refractivity contribution in [1.82, 2.24) is 5.48 Å². The van der Waals surface area contributed by atoms with Crippen molar-refractivity contribution in [3.05, 3.63) is 34.9 Å². The van der Waals surface area contributed by atoms with E-state index >= 15 is 0 Å². The molecule has 5 nitrogen and oxygen atoms in total. The van der Waals surface area contributed by atoms with Gasteiger partial charge in [0.05, 0.1) is 6.61 Å². The maximum atomic E-state index is 11.4. The Bertz CT molecular complexity index is 414. The number of rotatable bonds is 4. The van der Waals surface area contributed by atoms with Crippen molar-refractivity contribution in [3.8, 4) is 0 Å². The van der Waals surface area contributed by atoms with Crippen molar-refractivity contribution in [3.63, 3.8) is 0 Å². The molecule has 106 valence electrons. The third-order valence-corrected chi connectivity index (χ3v) is 2.34. The van der Waals surface area contributed by atoms with Gasteiger partial charge in [0, 0.05) is 5.02 Å². The third kappa shape index (κ3) is 5.92. The first-order valence-corrected chi connectivity index (χ1v) is 6.20. The normalized spacial score (nSPS) is 12.9. The van der Waals surface area contributed by atoms with Crippen molar-refractivity contribution in [1.29, 1.82) is 0 Å². The Labute approximate surface area is 117 Å². The van der Waals surface area contributed by atoms with E-state index in [9.17, 15) is 9.90 Å². The molecule has 0 saturated heterocycles. The number of hydroxylamine groups is 1. The van der Waals surface area contributed by atoms with Gasteiger partial charge in [0.1, 0.15) is 11.7 Å². The summed E-state index contributed by atoms with van der Waals surface area (Å²) in [5.41, 5.74) is 2.24. The number of amides is 1. The first-order valence-electron chi connectivity index (χ1n) is 5.83. The lowest BCUT2D eigenvalue weighted by atomic mass is 10.1. The SMILES string of the molecule is CC(C)(C)OC(=O)NOC(CO)c1ccc(Cl)cc1. The fraction of sp³-hybridized carbons (Fsp3) is 0.462. The molecule has 0 spiro atoms. The first-order chi connectivity index (χ1) is 8.81. The van der Waals surface area contributed by atoms with Crippen LogP contribution in [0, 0.1) is 0 Å². The minimum Gasteiger partial charge on any atom is -0.442 e. The number of halogens is 1. The Balaban J connectivity index is 2.54. The zero-order chi connectivity index (χ0) is 14.5. The summed E-state index contributed by atoms with van der Waals surface area (Å²) >= 11 is 5.77. The molecule has 1 amide bonds. The lowest BCUT2D eigenvalue weighted by Crippen LogP contribution is -2.34. The molecule has 0 heterocycles. The standard InChI is InChI=1S/C13H18ClNO4/c1-13(2,3)18-12(17)15-19-11(8-16)9-4-6-10(14)7-5-9/h4-7,11,16H,8H2,1-3H3,(H,15,17). The van der Waals surface area contributed by atoms with E-state index in [1.54, 1.807) is 45.0 Å². The van der Waals surface area contributed by atoms with Gasteiger partial charge in [0.15, 0.2) is 0 Å². The Morgan fingerprint density at radius 2 is 1.95 bits per heavy atom. The zero-order valence-electron chi connectivity index (χ0n) is 11.1. The Morgan fingerprint density at radius 1 is 1.37 bits per heavy atom. The minimum atomic E-state index is -0.708. The zero-order valence-corrected chi connectivity index (χ0v) is 11.9. The van der Waals surface area contributed by atoms with Crippen LogP contribution in [0.4, 0.5) is 4.79 Å². The van der Waals surface area contributed by atoms with Crippen molar-refractivity contribution < 1.29 is 19.5 Å². The fourth-order valence-electron chi connectivity index (χ4n) is 1.31. The highest BCUT2D eigenvalue weighted by Gasteiger charge is 2.18. The number of carbonyl (C=O) groups excluding carboxylic acids is 1. The van der Waals surface area contributed by atoms with Gasteiger partial charge in [-0.3, -0.25) is 4.84 Å². The first kappa shape index (κ1) is 15.8. The number of nitrogens with one attached hydrogen (secondary N) is 1. The highest BCUT2D eigenvalue weighted by atomic mass is 35.5. The predicted octanol–water partition coefficient (Wildman–Crippen LogP) is 2.83. The second kappa shape index (κ2) is 6.75. The predicted molar refractivity (Wildman–Crippen MR) is 71.7 cm³/mol. The summed E-state index contributed by atoms with van der Waals surface area (Å²) in [6.45, 7) is 4.96. The second-order valence-corrected chi connectivity index (χ2v) is 5.38. The van der Waals surface area contributed by atoms with Crippen LogP contribution in [-0.4, -0.2) is 23.4 Å². The molecule has 0 bridgehead atoms. The van der Waals surface area contributed by atoms with E-state index in [1.807, 2.05) is 0 Å². The molecule has 1 unspecified atom stereocenters. The summed E-state index contributed by atoms with van der Waals surface area (Å²) < 4.78 is 5.01. The quantitative estimate of drug-likeness (QED) is 0.836. The summed E-state index contributed by atoms with van der Waals surface area (Å²) in [6, 6.07) is 6.77. The smallest absolute Gasteiger partial charge is 0.431 e. The largest absolute Gasteiger partial charge is 0.442 e. The van der Waals surface area contributed by atoms with Crippen LogP contribution in [0.25, 0.3) is 0 Å². The Morgan fingerprint density at radius 3 is 2.42 bits per heavy atom. The molecule has 0 aliphatic heterocycles. The molecule has 0 aromatic heterocycles. The number of hydrogen-bond acceptors (Lipinski definition) is 4. The molecule has 1 aromatic rings. The van der Waals surface area contributed by atoms with Crippen LogP contribution in [-0.2, 0) is 9.57 Å². The molecular formula is C13H18ClNO4. The number of benzene rings is 1. The van der Waals surface area contributed by atoms with Gasteiger partial charge < -0.3 is 9.84 Å². The summed E-state index contributed by atoms with van der Waals surface area (Å²) in [7, 11) is 0. The van der Waals surface area contributed by atoms with E-state index in [0.29, 0.717) is 10.6 Å². The topological polar surface area (TPSA) is 67.8 Å². The molecule has 6 heteroatoms. The Hall–Kier alpha value is -1.30. The van der Waals surface area contributed by atoms with Crippen molar-refractivity contribution >= 4 is 17.7 Å². The van der Waals surface area contributed by atoms with Crippen LogP contribution < -0.4 is 5.48 Å². The van der Waals surface area contributed by atoms with Gasteiger partial charge in [-0.2, -0.15) is 5.48 Å². The summed E-state index contributed by atoms with van der Waals surface area (Å²) in [6.07, 6.45) is -1.38. The van der Waals surface area contributed by atoms with Crippen LogP contribution in [0.3, 0.4) is 0 Å². The van der Waals surface area contributed by atoms with Gasteiger partial charge in [-0.25, -0.2) is 4.79 Å². The van der Waals surface area contributed by atoms with Gasteiger partial charge in [-0.05, 0) is 38.5 Å². The van der Waals surface area contributed by atoms with E-state index < -0.39 is 17.8 Å². The van der Waals surface area contributed by atoms with Crippen LogP contribution in [0.1, 0.15) is 32.4 Å². The maximum absolute atomic E-state index is 11.4. The lowest BCUT2D eigenvalue weighted by molar-refractivity contribution is -0.0610. The number of aliphatic hydroxyl groups excluding tert-OH is 1. The number of ether oxygens (including phenoxy) is 1. The van der Waals surface area contributed by atoms with Crippen LogP contribution in [0.2, 0.25) is 5.02 Å². The van der Waals surface area contributed by atoms with E-state index in [1.165, 1.54) is 0 Å². The number of hydrogen-bond donors (Lipinski definition) is 2. The molecule has 0 fully saturated rings. The average molecular weight is 288 g/mol. The average Bonchev–Trinajstić information content (AvgIpc) is 2.29. The summed E-state index contributed by atoms with van der Waals surface area (Å²) in [5.74, 6) is 0. The molecule has 0 aliphatic carbocycles. The van der Waals surface area contributed by atoms with E-state index in [2.05, 4.69) is 5.48 Å². The molecule has 0 saturated carbocycles. The molecule has 1 rings (SSSR count). The van der Waals surface area contributed by atoms with Gasteiger partial charge in [-0.15, -0.1) is 0 Å². The number of aliphatic hydroxyl groups is 1. The van der Waals surface area contributed by atoms with Gasteiger partial charge in [0.2, 0.25) is 0 Å². The fourth-order valence-corrected chi connectivity index (χ4v) is 1.43. The van der Waals surface area contributed by atoms with Gasteiger partial charge in [-0.1, -0.05) is 23.7 Å². The van der Waals surface area contributed by atoms with Crippen molar-refractivity contribution in [2.75, 3.05) is 6.61 Å². The molecule has 0 radical (unpaired) electrons. The van der Waals surface area contributed by atoms with Crippen molar-refractivity contribution in [2.24, 2.45) is 0 Å². The van der Waals surface area contributed by atoms with E-state index in [4.69, 9.17) is 21.2 Å². The summed E-state index contributed by atoms with van der Waals surface area (Å²) in [5, 5.41) is 9.83. The summed E-state index contributed by atoms with van der Waals surface area (Å²) in [4.78, 5) is 16.5. The molecule has 1 aromatic carbocycles. The monoisotopic (exact) mass is 287 g/mol. The second-order valence-electron chi connectivity index (χ2n) is 4.94. The number of carbonyl (C=O) groups is 1.